The van der Waals surface area contributed by atoms with Gasteiger partial charge in [0.05, 0.1) is 11.0 Å². The van der Waals surface area contributed by atoms with E-state index in [1.807, 2.05) is 6.26 Å². The van der Waals surface area contributed by atoms with Crippen molar-refractivity contribution >= 4 is 11.8 Å². The van der Waals surface area contributed by atoms with Gasteiger partial charge in [0.25, 0.3) is 0 Å². The Bertz CT molecular complexity index is 382. The molecule has 0 atom stereocenters. The second kappa shape index (κ2) is 3.89. The highest BCUT2D eigenvalue weighted by atomic mass is 32.2. The zero-order valence-corrected chi connectivity index (χ0v) is 8.67. The number of rotatable bonds is 3. The lowest BCUT2D eigenvalue weighted by Gasteiger charge is -2.09. The maximum absolute atomic E-state index is 8.89. The summed E-state index contributed by atoms with van der Waals surface area (Å²) in [5.74, 6) is 0.706. The van der Waals surface area contributed by atoms with Crippen molar-refractivity contribution in [3.05, 3.63) is 18.0 Å². The first kappa shape index (κ1) is 9.35. The first-order valence-corrected chi connectivity index (χ1v) is 5.66. The maximum atomic E-state index is 8.89. The predicted octanol–water partition coefficient (Wildman–Crippen LogP) is 2.22. The Kier molecular flexibility index (Phi) is 2.60. The lowest BCUT2D eigenvalue weighted by atomic mass is 10.3. The smallest absolute Gasteiger partial charge is 0.154 e. The van der Waals surface area contributed by atoms with Gasteiger partial charge in [-0.05, 0) is 19.1 Å². The predicted molar refractivity (Wildman–Crippen MR) is 54.4 cm³/mol. The van der Waals surface area contributed by atoms with E-state index in [2.05, 4.69) is 11.1 Å². The molecule has 14 heavy (non-hydrogen) atoms. The monoisotopic (exact) mass is 206 g/mol. The Labute approximate surface area is 87.1 Å². The van der Waals surface area contributed by atoms with Crippen LogP contribution in [-0.2, 0) is 0 Å². The first-order valence-electron chi connectivity index (χ1n) is 4.44. The van der Waals surface area contributed by atoms with Crippen LogP contribution in [0.15, 0.2) is 17.3 Å². The van der Waals surface area contributed by atoms with E-state index in [1.54, 1.807) is 24.2 Å². The van der Waals surface area contributed by atoms with E-state index >= 15 is 0 Å². The van der Waals surface area contributed by atoms with Gasteiger partial charge in [-0.25, -0.2) is 0 Å². The van der Waals surface area contributed by atoms with Crippen molar-refractivity contribution in [1.29, 1.82) is 5.26 Å². The molecule has 2 rings (SSSR count). The lowest BCUT2D eigenvalue weighted by molar-refractivity contribution is 0.294. The van der Waals surface area contributed by atoms with Crippen molar-refractivity contribution < 1.29 is 4.74 Å². The zero-order valence-electron chi connectivity index (χ0n) is 7.86. The fourth-order valence-corrected chi connectivity index (χ4v) is 1.64. The summed E-state index contributed by atoms with van der Waals surface area (Å²) in [4.78, 5) is 4.93. The summed E-state index contributed by atoms with van der Waals surface area (Å²) in [6.45, 7) is 0. The minimum Gasteiger partial charge on any atom is -0.488 e. The van der Waals surface area contributed by atoms with Crippen molar-refractivity contribution in [2.24, 2.45) is 0 Å². The third-order valence-corrected chi connectivity index (χ3v) is 2.74. The molecule has 4 heteroatoms. The number of pyridine rings is 1. The molecule has 1 aliphatic rings. The fourth-order valence-electron chi connectivity index (χ4n) is 1.13. The fraction of sp³-hybridized carbons (Fsp3) is 0.400. The van der Waals surface area contributed by atoms with Crippen LogP contribution in [0.5, 0.6) is 5.75 Å². The highest BCUT2D eigenvalue weighted by molar-refractivity contribution is 7.98. The average molecular weight is 206 g/mol. The number of nitrogens with zero attached hydrogens (tertiary/aromatic N) is 2. The van der Waals surface area contributed by atoms with Crippen LogP contribution >= 0.6 is 11.8 Å². The van der Waals surface area contributed by atoms with E-state index in [-0.39, 0.29) is 0 Å². The summed E-state index contributed by atoms with van der Waals surface area (Å²) in [5, 5.41) is 8.89. The molecule has 1 aliphatic carbocycles. The van der Waals surface area contributed by atoms with Crippen molar-refractivity contribution in [1.82, 2.24) is 4.98 Å². The number of aromatic nitrogens is 1. The molecule has 1 aromatic heterocycles. The van der Waals surface area contributed by atoms with Gasteiger partial charge < -0.3 is 4.74 Å². The summed E-state index contributed by atoms with van der Waals surface area (Å²) in [7, 11) is 0. The number of hydrogen-bond acceptors (Lipinski definition) is 4. The molecule has 1 fully saturated rings. The van der Waals surface area contributed by atoms with Crippen LogP contribution in [-0.4, -0.2) is 17.3 Å². The van der Waals surface area contributed by atoms with E-state index in [1.165, 1.54) is 0 Å². The molecule has 1 aromatic rings. The molecule has 0 N–H and O–H groups in total. The quantitative estimate of drug-likeness (QED) is 0.711. The largest absolute Gasteiger partial charge is 0.488 e. The molecule has 0 amide bonds. The van der Waals surface area contributed by atoms with Crippen LogP contribution in [0.4, 0.5) is 0 Å². The summed E-state index contributed by atoms with van der Waals surface area (Å²) in [5.41, 5.74) is 0.531. The second-order valence-corrected chi connectivity index (χ2v) is 4.00. The van der Waals surface area contributed by atoms with Gasteiger partial charge in [-0.3, -0.25) is 4.98 Å². The van der Waals surface area contributed by atoms with Gasteiger partial charge in [0.15, 0.2) is 5.75 Å². The second-order valence-electron chi connectivity index (χ2n) is 3.15. The highest BCUT2D eigenvalue weighted by Gasteiger charge is 2.26. The van der Waals surface area contributed by atoms with Crippen molar-refractivity contribution in [3.8, 4) is 11.8 Å². The first-order chi connectivity index (χ1) is 6.85. The van der Waals surface area contributed by atoms with Gasteiger partial charge in [-0.15, -0.1) is 11.8 Å². The normalized spacial score (nSPS) is 14.9. The number of ether oxygens (including phenoxy) is 1. The maximum Gasteiger partial charge on any atom is 0.154 e. The summed E-state index contributed by atoms with van der Waals surface area (Å²) in [6.07, 6.45) is 7.76. The molecule has 0 aromatic carbocycles. The van der Waals surface area contributed by atoms with Gasteiger partial charge >= 0.3 is 0 Å². The third-order valence-electron chi connectivity index (χ3n) is 2.01. The van der Waals surface area contributed by atoms with Gasteiger partial charge in [0.1, 0.15) is 11.6 Å². The lowest BCUT2D eigenvalue weighted by Crippen LogP contribution is -2.00. The Morgan fingerprint density at radius 3 is 2.93 bits per heavy atom. The van der Waals surface area contributed by atoms with Crippen LogP contribution < -0.4 is 4.74 Å². The van der Waals surface area contributed by atoms with Gasteiger partial charge in [0, 0.05) is 12.4 Å². The van der Waals surface area contributed by atoms with Crippen LogP contribution in [0, 0.1) is 11.3 Å². The van der Waals surface area contributed by atoms with Gasteiger partial charge in [-0.2, -0.15) is 5.26 Å². The minimum absolute atomic E-state index is 0.315. The van der Waals surface area contributed by atoms with E-state index in [4.69, 9.17) is 10.00 Å². The SMILES string of the molecule is CSc1cncc(C#N)c1OC1CC1. The van der Waals surface area contributed by atoms with Crippen LogP contribution in [0.2, 0.25) is 0 Å². The van der Waals surface area contributed by atoms with E-state index < -0.39 is 0 Å². The standard InChI is InChI=1S/C10H10N2OS/c1-14-9-6-12-5-7(4-11)10(9)13-8-2-3-8/h5-6,8H,2-3H2,1H3. The van der Waals surface area contributed by atoms with Gasteiger partial charge in [0.2, 0.25) is 0 Å². The molecule has 3 nitrogen and oxygen atoms in total. The van der Waals surface area contributed by atoms with E-state index in [0.717, 1.165) is 17.7 Å². The third kappa shape index (κ3) is 1.83. The molecule has 1 saturated carbocycles. The molecule has 0 unspecified atom stereocenters. The Hall–Kier alpha value is -1.21. The topological polar surface area (TPSA) is 45.9 Å². The van der Waals surface area contributed by atoms with Crippen molar-refractivity contribution in [3.63, 3.8) is 0 Å². The molecule has 72 valence electrons. The molecular weight excluding hydrogens is 196 g/mol. The van der Waals surface area contributed by atoms with Gasteiger partial charge in [-0.1, -0.05) is 0 Å². The molecule has 0 aliphatic heterocycles. The van der Waals surface area contributed by atoms with E-state index in [0.29, 0.717) is 17.4 Å². The minimum atomic E-state index is 0.315. The molecule has 0 spiro atoms. The average Bonchev–Trinajstić information content (AvgIpc) is 3.02. The zero-order chi connectivity index (χ0) is 9.97. The molecule has 0 radical (unpaired) electrons. The highest BCUT2D eigenvalue weighted by Crippen LogP contribution is 2.35. The van der Waals surface area contributed by atoms with Crippen molar-refractivity contribution in [2.45, 2.75) is 23.8 Å². The summed E-state index contributed by atoms with van der Waals surface area (Å²) < 4.78 is 5.69. The Balaban J connectivity index is 2.35. The molecule has 0 saturated heterocycles. The molecular formula is C10H10N2OS. The molecule has 1 heterocycles. The van der Waals surface area contributed by atoms with Crippen LogP contribution in [0.1, 0.15) is 18.4 Å². The van der Waals surface area contributed by atoms with Crippen LogP contribution in [0.25, 0.3) is 0 Å². The van der Waals surface area contributed by atoms with E-state index in [9.17, 15) is 0 Å². The Morgan fingerprint density at radius 2 is 2.36 bits per heavy atom. The summed E-state index contributed by atoms with van der Waals surface area (Å²) >= 11 is 1.56. The number of nitriles is 1. The Morgan fingerprint density at radius 1 is 1.57 bits per heavy atom. The molecule has 0 bridgehead atoms. The summed E-state index contributed by atoms with van der Waals surface area (Å²) in [6, 6.07) is 2.10. The van der Waals surface area contributed by atoms with Crippen LogP contribution in [0.3, 0.4) is 0 Å². The number of thioether (sulfide) groups is 1. The number of hydrogen-bond donors (Lipinski definition) is 0. The van der Waals surface area contributed by atoms with Crippen molar-refractivity contribution in [2.75, 3.05) is 6.26 Å².